The highest BCUT2D eigenvalue weighted by Gasteiger charge is 2.29. The van der Waals surface area contributed by atoms with Crippen molar-refractivity contribution in [3.05, 3.63) is 58.6 Å². The lowest BCUT2D eigenvalue weighted by Crippen LogP contribution is -2.49. The van der Waals surface area contributed by atoms with Gasteiger partial charge in [0.15, 0.2) is 0 Å². The molecule has 0 aromatic heterocycles. The minimum absolute atomic E-state index is 0.0951. The van der Waals surface area contributed by atoms with E-state index >= 15 is 0 Å². The van der Waals surface area contributed by atoms with Crippen LogP contribution in [0.15, 0.2) is 53.0 Å². The number of anilines is 1. The molecular formula is C28H38BrN3O5S. The van der Waals surface area contributed by atoms with Crippen LogP contribution in [0, 0.1) is 0 Å². The molecule has 0 aliphatic heterocycles. The quantitative estimate of drug-likeness (QED) is 0.350. The highest BCUT2D eigenvalue weighted by Crippen LogP contribution is 2.30. The normalized spacial score (nSPS) is 14.6. The van der Waals surface area contributed by atoms with Gasteiger partial charge in [-0.05, 0) is 62.9 Å². The Bertz CT molecular complexity index is 1200. The Morgan fingerprint density at radius 2 is 1.84 bits per heavy atom. The summed E-state index contributed by atoms with van der Waals surface area (Å²) in [6.07, 6.45) is 5.65. The van der Waals surface area contributed by atoms with Crippen LogP contribution in [-0.4, -0.2) is 56.6 Å². The lowest BCUT2D eigenvalue weighted by molar-refractivity contribution is -0.141. The maximum absolute atomic E-state index is 13.5. The zero-order valence-corrected chi connectivity index (χ0v) is 24.8. The lowest BCUT2D eigenvalue weighted by Gasteiger charge is -2.30. The molecule has 1 aliphatic rings. The number of amides is 2. The third-order valence-corrected chi connectivity index (χ3v) is 8.37. The van der Waals surface area contributed by atoms with Gasteiger partial charge in [0.05, 0.1) is 18.6 Å². The number of benzene rings is 2. The molecule has 1 aliphatic carbocycles. The number of nitrogens with zero attached hydrogens (tertiary/aromatic N) is 2. The Kier molecular flexibility index (Phi) is 11.0. The summed E-state index contributed by atoms with van der Waals surface area (Å²) < 4.78 is 33.1. The first-order valence-electron chi connectivity index (χ1n) is 13.1. The van der Waals surface area contributed by atoms with Gasteiger partial charge in [0.25, 0.3) is 0 Å². The number of carbonyl (C=O) groups excluding carboxylic acids is 2. The van der Waals surface area contributed by atoms with E-state index < -0.39 is 16.1 Å². The molecule has 3 rings (SSSR count). The predicted octanol–water partition coefficient (Wildman–Crippen LogP) is 4.87. The predicted molar refractivity (Wildman–Crippen MR) is 154 cm³/mol. The molecule has 208 valence electrons. The minimum Gasteiger partial charge on any atom is -0.492 e. The summed E-state index contributed by atoms with van der Waals surface area (Å²) in [6.45, 7) is 4.38. The first kappa shape index (κ1) is 30.0. The monoisotopic (exact) mass is 607 g/mol. The van der Waals surface area contributed by atoms with Gasteiger partial charge in [0.1, 0.15) is 11.8 Å². The van der Waals surface area contributed by atoms with Gasteiger partial charge in [-0.2, -0.15) is 0 Å². The number of halogens is 1. The molecule has 8 nitrogen and oxygen atoms in total. The molecule has 0 radical (unpaired) electrons. The number of hydrogen-bond acceptors (Lipinski definition) is 5. The molecule has 1 fully saturated rings. The van der Waals surface area contributed by atoms with E-state index in [1.165, 1.54) is 4.31 Å². The third kappa shape index (κ3) is 8.46. The molecule has 0 bridgehead atoms. The van der Waals surface area contributed by atoms with Crippen LogP contribution in [0.4, 0.5) is 5.69 Å². The molecule has 0 unspecified atom stereocenters. The summed E-state index contributed by atoms with van der Waals surface area (Å²) in [7, 11) is -3.61. The second kappa shape index (κ2) is 14.0. The molecule has 1 saturated carbocycles. The molecule has 2 aromatic carbocycles. The molecule has 0 spiro atoms. The molecule has 2 aromatic rings. The summed E-state index contributed by atoms with van der Waals surface area (Å²) >= 11 is 3.47. The minimum atomic E-state index is -3.61. The average Bonchev–Trinajstić information content (AvgIpc) is 3.38. The third-order valence-electron chi connectivity index (χ3n) is 6.70. The first-order chi connectivity index (χ1) is 18.1. The van der Waals surface area contributed by atoms with Gasteiger partial charge < -0.3 is 15.0 Å². The number of rotatable bonds is 13. The Hall–Kier alpha value is -2.59. The van der Waals surface area contributed by atoms with Crippen molar-refractivity contribution in [2.24, 2.45) is 0 Å². The summed E-state index contributed by atoms with van der Waals surface area (Å²) in [6, 6.07) is 14.1. The van der Waals surface area contributed by atoms with Crippen molar-refractivity contribution in [1.29, 1.82) is 0 Å². The summed E-state index contributed by atoms with van der Waals surface area (Å²) in [5, 5.41) is 3.10. The van der Waals surface area contributed by atoms with Crippen molar-refractivity contribution in [2.45, 2.75) is 71.0 Å². The molecule has 0 heterocycles. The number of carbonyl (C=O) groups is 2. The van der Waals surface area contributed by atoms with Gasteiger partial charge in [0, 0.05) is 30.0 Å². The standard InChI is InChI=1S/C28H38BrN3O5S/c1-4-37-26-16-8-7-15-25(26)32(38(3,35)36)18-10-17-27(33)31(20-22-11-9-12-23(29)19-22)21(2)28(34)30-24-13-5-6-14-24/h7-9,11-12,15-16,19,21,24H,4-6,10,13-14,17-18,20H2,1-3H3,(H,30,34)/t21-/m0/s1. The summed E-state index contributed by atoms with van der Waals surface area (Å²) in [5.74, 6) is 0.106. The Morgan fingerprint density at radius 1 is 1.13 bits per heavy atom. The Morgan fingerprint density at radius 3 is 2.50 bits per heavy atom. The summed E-state index contributed by atoms with van der Waals surface area (Å²) in [5.41, 5.74) is 1.34. The van der Waals surface area contributed by atoms with E-state index in [4.69, 9.17) is 4.74 Å². The van der Waals surface area contributed by atoms with E-state index in [2.05, 4.69) is 21.2 Å². The van der Waals surface area contributed by atoms with Crippen molar-refractivity contribution >= 4 is 43.5 Å². The number of hydrogen-bond donors (Lipinski definition) is 1. The highest BCUT2D eigenvalue weighted by atomic mass is 79.9. The second-order valence-corrected chi connectivity index (χ2v) is 12.5. The van der Waals surface area contributed by atoms with Crippen LogP contribution in [0.3, 0.4) is 0 Å². The van der Waals surface area contributed by atoms with Crippen molar-refractivity contribution in [2.75, 3.05) is 23.7 Å². The average molecular weight is 609 g/mol. The van der Waals surface area contributed by atoms with Crippen molar-refractivity contribution in [3.63, 3.8) is 0 Å². The second-order valence-electron chi connectivity index (χ2n) is 9.66. The van der Waals surface area contributed by atoms with Crippen LogP contribution >= 0.6 is 15.9 Å². The van der Waals surface area contributed by atoms with Gasteiger partial charge in [-0.3, -0.25) is 13.9 Å². The van der Waals surface area contributed by atoms with Crippen molar-refractivity contribution < 1.29 is 22.7 Å². The highest BCUT2D eigenvalue weighted by molar-refractivity contribution is 9.10. The zero-order valence-electron chi connectivity index (χ0n) is 22.4. The van der Waals surface area contributed by atoms with Gasteiger partial charge in [-0.1, -0.05) is 53.0 Å². The van der Waals surface area contributed by atoms with E-state index in [0.717, 1.165) is 42.0 Å². The lowest BCUT2D eigenvalue weighted by atomic mass is 10.1. The molecule has 38 heavy (non-hydrogen) atoms. The summed E-state index contributed by atoms with van der Waals surface area (Å²) in [4.78, 5) is 28.2. The Balaban J connectivity index is 1.74. The van der Waals surface area contributed by atoms with Crippen LogP contribution in [0.1, 0.15) is 57.9 Å². The number of para-hydroxylation sites is 2. The molecule has 2 amide bonds. The van der Waals surface area contributed by atoms with Crippen LogP contribution in [0.2, 0.25) is 0 Å². The van der Waals surface area contributed by atoms with E-state index in [1.54, 1.807) is 36.1 Å². The zero-order chi connectivity index (χ0) is 27.7. The van der Waals surface area contributed by atoms with Crippen molar-refractivity contribution in [3.8, 4) is 5.75 Å². The molecule has 1 N–H and O–H groups in total. The molecular weight excluding hydrogens is 570 g/mol. The largest absolute Gasteiger partial charge is 0.492 e. The van der Waals surface area contributed by atoms with Crippen LogP contribution in [-0.2, 0) is 26.2 Å². The molecule has 10 heteroatoms. The van der Waals surface area contributed by atoms with Crippen LogP contribution in [0.5, 0.6) is 5.75 Å². The molecule has 0 saturated heterocycles. The fourth-order valence-electron chi connectivity index (χ4n) is 4.73. The van der Waals surface area contributed by atoms with E-state index in [-0.39, 0.29) is 43.8 Å². The SMILES string of the molecule is CCOc1ccccc1N(CCCC(=O)N(Cc1cccc(Br)c1)[C@@H](C)C(=O)NC1CCCC1)S(C)(=O)=O. The van der Waals surface area contributed by atoms with Crippen LogP contribution in [0.25, 0.3) is 0 Å². The van der Waals surface area contributed by atoms with E-state index in [9.17, 15) is 18.0 Å². The van der Waals surface area contributed by atoms with Gasteiger partial charge in [0.2, 0.25) is 21.8 Å². The Labute approximate surface area is 234 Å². The fraction of sp³-hybridized carbons (Fsp3) is 0.500. The number of sulfonamides is 1. The van der Waals surface area contributed by atoms with E-state index in [0.29, 0.717) is 18.0 Å². The fourth-order valence-corrected chi connectivity index (χ4v) is 6.15. The van der Waals surface area contributed by atoms with Crippen LogP contribution < -0.4 is 14.4 Å². The van der Waals surface area contributed by atoms with Gasteiger partial charge in [-0.25, -0.2) is 8.42 Å². The topological polar surface area (TPSA) is 96.0 Å². The van der Waals surface area contributed by atoms with E-state index in [1.807, 2.05) is 31.2 Å². The number of nitrogens with one attached hydrogen (secondary N) is 1. The van der Waals surface area contributed by atoms with Crippen molar-refractivity contribution in [1.82, 2.24) is 10.2 Å². The number of ether oxygens (including phenoxy) is 1. The van der Waals surface area contributed by atoms with Gasteiger partial charge >= 0.3 is 0 Å². The molecule has 1 atom stereocenters. The first-order valence-corrected chi connectivity index (χ1v) is 15.8. The maximum atomic E-state index is 13.5. The maximum Gasteiger partial charge on any atom is 0.242 e. The van der Waals surface area contributed by atoms with Gasteiger partial charge in [-0.15, -0.1) is 0 Å². The smallest absolute Gasteiger partial charge is 0.242 e.